The van der Waals surface area contributed by atoms with Crippen molar-refractivity contribution in [2.24, 2.45) is 5.92 Å². The zero-order chi connectivity index (χ0) is 10.4. The van der Waals surface area contributed by atoms with Crippen molar-refractivity contribution >= 4 is 5.97 Å². The summed E-state index contributed by atoms with van der Waals surface area (Å²) in [4.78, 5) is 10.8. The van der Waals surface area contributed by atoms with Gasteiger partial charge in [-0.2, -0.15) is 0 Å². The summed E-state index contributed by atoms with van der Waals surface area (Å²) in [6.07, 6.45) is 3.39. The average molecular weight is 202 g/mol. The number of aliphatic carboxylic acids is 1. The van der Waals surface area contributed by atoms with E-state index in [1.807, 2.05) is 6.07 Å². The topological polar surface area (TPSA) is 37.3 Å². The lowest BCUT2D eigenvalue weighted by Gasteiger charge is -2.06. The Morgan fingerprint density at radius 2 is 1.87 bits per heavy atom. The standard InChI is InChI=1S/C13H14O2/c14-13(15)12-7-11(12)10-4-2-1-3-9(10)8-5-6-8/h1-4,8,11-12H,5-7H2,(H,14,15). The smallest absolute Gasteiger partial charge is 0.307 e. The van der Waals surface area contributed by atoms with E-state index in [0.717, 1.165) is 12.3 Å². The highest BCUT2D eigenvalue weighted by molar-refractivity contribution is 5.75. The average Bonchev–Trinajstić information content (AvgIpc) is 3.11. The maximum Gasteiger partial charge on any atom is 0.307 e. The van der Waals surface area contributed by atoms with Crippen LogP contribution in [0, 0.1) is 5.92 Å². The molecule has 2 unspecified atom stereocenters. The highest BCUT2D eigenvalue weighted by Gasteiger charge is 2.46. The Labute approximate surface area is 88.9 Å². The van der Waals surface area contributed by atoms with Gasteiger partial charge in [0, 0.05) is 0 Å². The molecule has 0 spiro atoms. The van der Waals surface area contributed by atoms with Gasteiger partial charge in [0.25, 0.3) is 0 Å². The zero-order valence-corrected chi connectivity index (χ0v) is 8.52. The lowest BCUT2D eigenvalue weighted by molar-refractivity contribution is -0.138. The minimum absolute atomic E-state index is 0.120. The van der Waals surface area contributed by atoms with E-state index in [1.54, 1.807) is 0 Å². The van der Waals surface area contributed by atoms with Crippen molar-refractivity contribution in [2.75, 3.05) is 0 Å². The van der Waals surface area contributed by atoms with Gasteiger partial charge in [-0.3, -0.25) is 4.79 Å². The molecule has 2 aliphatic rings. The first kappa shape index (κ1) is 8.96. The normalized spacial score (nSPS) is 28.8. The quantitative estimate of drug-likeness (QED) is 0.818. The van der Waals surface area contributed by atoms with Crippen LogP contribution in [-0.2, 0) is 4.79 Å². The van der Waals surface area contributed by atoms with Crippen LogP contribution in [0.15, 0.2) is 24.3 Å². The van der Waals surface area contributed by atoms with Crippen molar-refractivity contribution in [3.05, 3.63) is 35.4 Å². The largest absolute Gasteiger partial charge is 0.481 e. The summed E-state index contributed by atoms with van der Waals surface area (Å²) in [5.41, 5.74) is 2.71. The molecule has 2 aliphatic carbocycles. The first-order valence-electron chi connectivity index (χ1n) is 5.59. The first-order valence-corrected chi connectivity index (χ1v) is 5.59. The van der Waals surface area contributed by atoms with Gasteiger partial charge in [-0.1, -0.05) is 24.3 Å². The van der Waals surface area contributed by atoms with Crippen molar-refractivity contribution in [3.8, 4) is 0 Å². The van der Waals surface area contributed by atoms with Crippen LogP contribution in [0.5, 0.6) is 0 Å². The van der Waals surface area contributed by atoms with Crippen LogP contribution in [0.1, 0.15) is 42.2 Å². The van der Waals surface area contributed by atoms with Crippen molar-refractivity contribution in [1.29, 1.82) is 0 Å². The van der Waals surface area contributed by atoms with Crippen molar-refractivity contribution < 1.29 is 9.90 Å². The van der Waals surface area contributed by atoms with E-state index >= 15 is 0 Å². The fraction of sp³-hybridized carbons (Fsp3) is 0.462. The molecule has 0 amide bonds. The van der Waals surface area contributed by atoms with E-state index in [2.05, 4.69) is 18.2 Å². The third-order valence-corrected chi connectivity index (χ3v) is 3.52. The van der Waals surface area contributed by atoms with E-state index in [0.29, 0.717) is 5.92 Å². The molecule has 15 heavy (non-hydrogen) atoms. The summed E-state index contributed by atoms with van der Waals surface area (Å²) >= 11 is 0. The fourth-order valence-corrected chi connectivity index (χ4v) is 2.43. The molecule has 0 saturated heterocycles. The van der Waals surface area contributed by atoms with Crippen molar-refractivity contribution in [2.45, 2.75) is 31.1 Å². The second-order valence-electron chi connectivity index (χ2n) is 4.69. The molecule has 0 radical (unpaired) electrons. The lowest BCUT2D eigenvalue weighted by atomic mass is 9.98. The second-order valence-corrected chi connectivity index (χ2v) is 4.69. The molecule has 2 nitrogen and oxygen atoms in total. The van der Waals surface area contributed by atoms with E-state index in [4.69, 9.17) is 5.11 Å². The highest BCUT2D eigenvalue weighted by Crippen LogP contribution is 2.52. The maximum absolute atomic E-state index is 10.8. The predicted molar refractivity (Wildman–Crippen MR) is 56.9 cm³/mol. The van der Waals surface area contributed by atoms with Crippen molar-refractivity contribution in [3.63, 3.8) is 0 Å². The molecular weight excluding hydrogens is 188 g/mol. The Morgan fingerprint density at radius 3 is 2.40 bits per heavy atom. The number of benzene rings is 1. The van der Waals surface area contributed by atoms with Gasteiger partial charge >= 0.3 is 5.97 Å². The van der Waals surface area contributed by atoms with Crippen LogP contribution >= 0.6 is 0 Å². The molecular formula is C13H14O2. The Morgan fingerprint density at radius 1 is 1.20 bits per heavy atom. The van der Waals surface area contributed by atoms with Crippen LogP contribution in [0.25, 0.3) is 0 Å². The molecule has 1 N–H and O–H groups in total. The fourth-order valence-electron chi connectivity index (χ4n) is 2.43. The zero-order valence-electron chi connectivity index (χ0n) is 8.52. The number of rotatable bonds is 3. The molecule has 2 heteroatoms. The SMILES string of the molecule is O=C(O)C1CC1c1ccccc1C1CC1. The molecule has 3 rings (SSSR count). The van der Waals surface area contributed by atoms with Crippen molar-refractivity contribution in [1.82, 2.24) is 0 Å². The van der Waals surface area contributed by atoms with Gasteiger partial charge in [0.05, 0.1) is 5.92 Å². The number of carbonyl (C=O) groups is 1. The highest BCUT2D eigenvalue weighted by atomic mass is 16.4. The van der Waals surface area contributed by atoms with E-state index < -0.39 is 5.97 Å². The van der Waals surface area contributed by atoms with Gasteiger partial charge in [-0.05, 0) is 42.2 Å². The van der Waals surface area contributed by atoms with Crippen LogP contribution < -0.4 is 0 Å². The number of carboxylic acid groups (broad SMARTS) is 1. The molecule has 2 atom stereocenters. The van der Waals surface area contributed by atoms with Gasteiger partial charge in [-0.25, -0.2) is 0 Å². The molecule has 0 bridgehead atoms. The predicted octanol–water partition coefficient (Wildman–Crippen LogP) is 2.75. The minimum atomic E-state index is -0.634. The minimum Gasteiger partial charge on any atom is -0.481 e. The lowest BCUT2D eigenvalue weighted by Crippen LogP contribution is -2.00. The summed E-state index contributed by atoms with van der Waals surface area (Å²) < 4.78 is 0. The number of hydrogen-bond acceptors (Lipinski definition) is 1. The molecule has 0 aliphatic heterocycles. The van der Waals surface area contributed by atoms with Crippen LogP contribution in [0.3, 0.4) is 0 Å². The van der Waals surface area contributed by atoms with Crippen LogP contribution in [0.4, 0.5) is 0 Å². The summed E-state index contributed by atoms with van der Waals surface area (Å²) in [6, 6.07) is 8.37. The molecule has 1 aromatic carbocycles. The maximum atomic E-state index is 10.8. The van der Waals surface area contributed by atoms with Gasteiger partial charge in [0.2, 0.25) is 0 Å². The Balaban J connectivity index is 1.89. The Kier molecular flexibility index (Phi) is 1.84. The summed E-state index contributed by atoms with van der Waals surface area (Å²) in [7, 11) is 0. The summed E-state index contributed by atoms with van der Waals surface area (Å²) in [6.45, 7) is 0. The third-order valence-electron chi connectivity index (χ3n) is 3.52. The number of hydrogen-bond donors (Lipinski definition) is 1. The molecule has 1 aromatic rings. The monoisotopic (exact) mass is 202 g/mol. The van der Waals surface area contributed by atoms with Crippen LogP contribution in [0.2, 0.25) is 0 Å². The van der Waals surface area contributed by atoms with Crippen LogP contribution in [-0.4, -0.2) is 11.1 Å². The molecule has 2 saturated carbocycles. The van der Waals surface area contributed by atoms with E-state index in [1.165, 1.54) is 24.0 Å². The van der Waals surface area contributed by atoms with Gasteiger partial charge in [-0.15, -0.1) is 0 Å². The second kappa shape index (κ2) is 3.09. The Bertz CT molecular complexity index is 407. The molecule has 78 valence electrons. The molecule has 2 fully saturated rings. The number of carboxylic acids is 1. The van der Waals surface area contributed by atoms with E-state index in [9.17, 15) is 4.79 Å². The summed E-state index contributed by atoms with van der Waals surface area (Å²) in [5.74, 6) is 0.256. The van der Waals surface area contributed by atoms with Gasteiger partial charge < -0.3 is 5.11 Å². The van der Waals surface area contributed by atoms with Gasteiger partial charge in [0.15, 0.2) is 0 Å². The summed E-state index contributed by atoms with van der Waals surface area (Å²) in [5, 5.41) is 8.93. The molecule has 0 aromatic heterocycles. The first-order chi connectivity index (χ1) is 7.27. The third kappa shape index (κ3) is 1.54. The van der Waals surface area contributed by atoms with E-state index in [-0.39, 0.29) is 5.92 Å². The Hall–Kier alpha value is -1.31. The molecule has 0 heterocycles. The van der Waals surface area contributed by atoms with Gasteiger partial charge in [0.1, 0.15) is 0 Å².